The number of para-hydroxylation sites is 4. The van der Waals surface area contributed by atoms with Gasteiger partial charge in [0.2, 0.25) is 0 Å². The van der Waals surface area contributed by atoms with Crippen molar-refractivity contribution in [1.29, 1.82) is 0 Å². The van der Waals surface area contributed by atoms with Crippen molar-refractivity contribution in [2.24, 2.45) is 0 Å². The van der Waals surface area contributed by atoms with Gasteiger partial charge in [-0.2, -0.15) is 0 Å². The molecule has 16 aromatic carbocycles. The molecule has 0 atom stereocenters. The maximum absolute atomic E-state index is 10.0. The minimum atomic E-state index is -0.790. The molecule has 0 aliphatic carbocycles. The summed E-state index contributed by atoms with van der Waals surface area (Å²) in [6, 6.07) is 92.1. The Labute approximate surface area is 654 Å². The highest BCUT2D eigenvalue weighted by atomic mass is 15.2. The van der Waals surface area contributed by atoms with Crippen LogP contribution in [0.4, 0.5) is 34.1 Å². The quantitative estimate of drug-likeness (QED) is 0.141. The van der Waals surface area contributed by atoms with Crippen LogP contribution in [-0.4, -0.2) is 15.7 Å². The van der Waals surface area contributed by atoms with Crippen LogP contribution in [0.1, 0.15) is 70.5 Å². The van der Waals surface area contributed by atoms with Gasteiger partial charge in [-0.15, -0.1) is 0 Å². The van der Waals surface area contributed by atoms with Crippen LogP contribution in [-0.2, 0) is 10.8 Å². The Morgan fingerprint density at radius 3 is 1.23 bits per heavy atom. The van der Waals surface area contributed by atoms with Gasteiger partial charge in [0, 0.05) is 77.3 Å². The molecule has 2 aliphatic rings. The van der Waals surface area contributed by atoms with E-state index in [1.807, 2.05) is 48.5 Å². The number of fused-ring (bicyclic) bond motifs is 18. The third-order valence-corrected chi connectivity index (χ3v) is 22.7. The van der Waals surface area contributed by atoms with Gasteiger partial charge in [0.05, 0.1) is 62.5 Å². The van der Waals surface area contributed by atoms with E-state index in [0.29, 0.717) is 22.6 Å². The second-order valence-electron chi connectivity index (χ2n) is 30.9. The third-order valence-electron chi connectivity index (χ3n) is 22.7. The average Bonchev–Trinajstić information content (AvgIpc) is 1.39. The molecule has 19 aromatic rings. The van der Waals surface area contributed by atoms with Crippen LogP contribution >= 0.6 is 0 Å². The van der Waals surface area contributed by atoms with E-state index < -0.39 is 84.0 Å². The zero-order valence-corrected chi connectivity index (χ0v) is 60.9. The predicted octanol–water partition coefficient (Wildman–Crippen LogP) is 26.4. The van der Waals surface area contributed by atoms with Crippen LogP contribution < -0.4 is 26.2 Å². The summed E-state index contributed by atoms with van der Waals surface area (Å²) in [5, 5.41) is 7.78. The first kappa shape index (κ1) is 51.9. The molecule has 0 N–H and O–H groups in total. The van der Waals surface area contributed by atoms with Crippen molar-refractivity contribution >= 4 is 139 Å². The van der Waals surface area contributed by atoms with E-state index in [0.717, 1.165) is 154 Å². The van der Waals surface area contributed by atoms with E-state index in [1.54, 1.807) is 4.57 Å². The van der Waals surface area contributed by atoms with Gasteiger partial charge >= 0.3 is 0 Å². The first-order valence-electron chi connectivity index (χ1n) is 43.8. The van der Waals surface area contributed by atoms with Crippen LogP contribution in [0.15, 0.2) is 358 Å². The fourth-order valence-corrected chi connectivity index (χ4v) is 17.7. The number of anilines is 6. The lowest BCUT2D eigenvalue weighted by Crippen LogP contribution is -2.61. The van der Waals surface area contributed by atoms with Crippen molar-refractivity contribution in [2.45, 2.75) is 52.4 Å². The summed E-state index contributed by atoms with van der Waals surface area (Å²) in [5.41, 5.74) is 18.6. The predicted molar refractivity (Wildman–Crippen MR) is 467 cm³/mol. The van der Waals surface area contributed by atoms with E-state index >= 15 is 0 Å². The van der Waals surface area contributed by atoms with Crippen LogP contribution in [0.5, 0.6) is 0 Å². The minimum Gasteiger partial charge on any atom is -0.310 e. The first-order chi connectivity index (χ1) is 58.8. The maximum atomic E-state index is 10.0. The summed E-state index contributed by atoms with van der Waals surface area (Å²) in [6.45, 7) is 12.6. The lowest BCUT2D eigenvalue weighted by Gasteiger charge is -2.46. The lowest BCUT2D eigenvalue weighted by molar-refractivity contribution is 0.590. The normalized spacial score (nSPS) is 14.5. The van der Waals surface area contributed by atoms with E-state index in [4.69, 9.17) is 1.37 Å². The molecule has 0 amide bonds. The maximum Gasteiger partial charge on any atom is 0.252 e. The summed E-state index contributed by atoms with van der Waals surface area (Å²) >= 11 is 0. The summed E-state index contributed by atoms with van der Waals surface area (Å²) in [7, 11) is 0. The summed E-state index contributed by atoms with van der Waals surface area (Å²) in [5.74, 6) is 0. The zero-order chi connectivity index (χ0) is 84.3. The van der Waals surface area contributed by atoms with Crippen LogP contribution in [0.25, 0.3) is 143 Å². The SMILES string of the molecule is [2H]c1c([2H])c([2H])c(-c2ccc3c(c2)N(c2c(-c4ccccc4)cc(C(C)(C)C)cc2-c2ccccc2)c2c4c(cc5c2c2cccc6c7ccccc7c7ccccc7c7ccccc7n5c62)N(c2c(-c5ccccc5)cc(C(C)(C)C)cc2-c2ccccc2)c2cc(-n5c6c([2H])c([2H])c([2H])c([2H])c6c6c([2H])c([2H])c([2H])c([2H])c65)ccc2B34)c([2H])c1[2H]. The van der Waals surface area contributed by atoms with Gasteiger partial charge in [0.15, 0.2) is 0 Å². The summed E-state index contributed by atoms with van der Waals surface area (Å²) in [6.07, 6.45) is 0. The van der Waals surface area contributed by atoms with E-state index in [2.05, 4.69) is 286 Å². The average molecular weight is 1410 g/mol. The minimum absolute atomic E-state index is 0.0203. The van der Waals surface area contributed by atoms with E-state index in [1.165, 1.54) is 0 Å². The Hall–Kier alpha value is -13.2. The van der Waals surface area contributed by atoms with Crippen molar-refractivity contribution in [3.8, 4) is 61.3 Å². The highest BCUT2D eigenvalue weighted by Gasteiger charge is 2.47. The Kier molecular flexibility index (Phi) is 11.7. The van der Waals surface area contributed by atoms with Crippen molar-refractivity contribution in [3.05, 3.63) is 369 Å². The van der Waals surface area contributed by atoms with Crippen molar-refractivity contribution in [1.82, 2.24) is 8.97 Å². The molecule has 0 saturated carbocycles. The molecule has 5 heterocycles. The Bertz CT molecular complexity index is 7600. The van der Waals surface area contributed by atoms with Gasteiger partial charge in [0.25, 0.3) is 6.71 Å². The highest BCUT2D eigenvalue weighted by Crippen LogP contribution is 2.58. The smallest absolute Gasteiger partial charge is 0.252 e. The molecule has 0 unspecified atom stereocenters. The fraction of sp³-hybridized carbons (Fsp3) is 0.0769. The molecular formula is C104H77BN4. The van der Waals surface area contributed by atoms with Gasteiger partial charge in [-0.05, 0) is 160 Å². The number of rotatable bonds is 8. The van der Waals surface area contributed by atoms with Gasteiger partial charge in [-0.3, -0.25) is 0 Å². The zero-order valence-electron chi connectivity index (χ0n) is 73.9. The number of benzene rings is 16. The topological polar surface area (TPSA) is 15.8 Å². The molecule has 4 nitrogen and oxygen atoms in total. The number of nitrogens with zero attached hydrogens (tertiary/aromatic N) is 4. The van der Waals surface area contributed by atoms with Crippen molar-refractivity contribution in [2.75, 3.05) is 9.80 Å². The molecule has 21 rings (SSSR count). The second-order valence-corrected chi connectivity index (χ2v) is 30.9. The van der Waals surface area contributed by atoms with Gasteiger partial charge in [-0.25, -0.2) is 0 Å². The van der Waals surface area contributed by atoms with Crippen LogP contribution in [0, 0.1) is 0 Å². The molecule has 5 heteroatoms. The number of aromatic nitrogens is 2. The van der Waals surface area contributed by atoms with E-state index in [-0.39, 0.29) is 39.5 Å². The van der Waals surface area contributed by atoms with Gasteiger partial charge < -0.3 is 18.8 Å². The summed E-state index contributed by atoms with van der Waals surface area (Å²) < 4.78 is 128. The van der Waals surface area contributed by atoms with Crippen LogP contribution in [0.2, 0.25) is 0 Å². The van der Waals surface area contributed by atoms with Gasteiger partial charge in [-0.1, -0.05) is 332 Å². The molecule has 0 bridgehead atoms. The first-order valence-corrected chi connectivity index (χ1v) is 37.3. The molecule has 0 radical (unpaired) electrons. The number of hydrogen-bond acceptors (Lipinski definition) is 2. The largest absolute Gasteiger partial charge is 0.310 e. The molecule has 0 fully saturated rings. The van der Waals surface area contributed by atoms with Gasteiger partial charge in [0.1, 0.15) is 0 Å². The molecule has 2 aliphatic heterocycles. The van der Waals surface area contributed by atoms with Crippen molar-refractivity contribution < 1.29 is 17.8 Å². The Balaban J connectivity index is 1.07. The van der Waals surface area contributed by atoms with Crippen molar-refractivity contribution in [3.63, 3.8) is 0 Å². The Morgan fingerprint density at radius 2 is 0.706 bits per heavy atom. The molecule has 516 valence electrons. The second kappa shape index (κ2) is 24.7. The van der Waals surface area contributed by atoms with E-state index in [9.17, 15) is 16.4 Å². The lowest BCUT2D eigenvalue weighted by atomic mass is 9.33. The monoisotopic (exact) mass is 1410 g/mol. The molecule has 0 saturated heterocycles. The standard InChI is InChI=1S/C104H77BN4/c1-103(2,3)72-60-84(67-35-14-8-15-36-67)100(85(61-72)68-37-16-9-17-38-68)108-94-64-74(106-90-52-29-27-48-80(90)81-49-28-30-53-91(81)106)56-58-89(94)105-88-57-55-71(66-33-12-7-13-34-66)59-93(88)109(101-86(69-39-18-10-19-40-69)62-73(104(4,5)6)63-87(101)70-41-20-11-21-42-70)102-97-83-51-32-50-82-78-46-25-23-44-76(78)75-43-22-24-45-77(75)79-47-26-31-54-92(79)107(99(82)83)95(97)65-96(108)98(102)105/h7-65H,1-6H3/i7D,12D,13D,27D,28D,29D,30D,33D,34D,48D,49D,52D,53D. The highest BCUT2D eigenvalue weighted by molar-refractivity contribution is 7.00. The fourth-order valence-electron chi connectivity index (χ4n) is 17.7. The summed E-state index contributed by atoms with van der Waals surface area (Å²) in [4.78, 5) is 4.86. The molecule has 109 heavy (non-hydrogen) atoms. The third kappa shape index (κ3) is 9.99. The molecule has 0 spiro atoms. The van der Waals surface area contributed by atoms with Crippen LogP contribution in [0.3, 0.4) is 0 Å². The molecule has 3 aromatic heterocycles. The Morgan fingerprint density at radius 1 is 0.284 bits per heavy atom. The molecular weight excluding hydrogens is 1320 g/mol. The number of hydrogen-bond donors (Lipinski definition) is 0.